The Morgan fingerprint density at radius 1 is 1.09 bits per heavy atom. The molecular weight excluding hydrogens is 413 g/mol. The normalized spacial score (nSPS) is 14.5. The number of aromatic nitrogens is 3. The number of aromatic carboxylic acids is 1. The number of ether oxygens (including phenoxy) is 1. The first kappa shape index (κ1) is 20.1. The Labute approximate surface area is 183 Å². The van der Waals surface area contributed by atoms with Crippen LogP contribution in [0.25, 0.3) is 16.9 Å². The molecule has 1 aliphatic rings. The Balaban J connectivity index is 1.63. The number of imidazole rings is 1. The van der Waals surface area contributed by atoms with Crippen LogP contribution >= 0.6 is 0 Å². The highest BCUT2D eigenvalue weighted by Crippen LogP contribution is 2.32. The third-order valence-corrected chi connectivity index (χ3v) is 5.38. The first-order valence-electron chi connectivity index (χ1n) is 10.2. The van der Waals surface area contributed by atoms with Crippen molar-refractivity contribution in [2.24, 2.45) is 0 Å². The van der Waals surface area contributed by atoms with Crippen LogP contribution in [0.5, 0.6) is 0 Å². The topological polar surface area (TPSA) is 83.2 Å². The predicted molar refractivity (Wildman–Crippen MR) is 116 cm³/mol. The van der Waals surface area contributed by atoms with E-state index in [9.17, 15) is 9.18 Å². The Morgan fingerprint density at radius 2 is 1.88 bits per heavy atom. The van der Waals surface area contributed by atoms with Gasteiger partial charge in [-0.2, -0.15) is 0 Å². The summed E-state index contributed by atoms with van der Waals surface area (Å²) in [6.45, 7) is 2.63. The summed E-state index contributed by atoms with van der Waals surface area (Å²) in [4.78, 5) is 20.4. The van der Waals surface area contributed by atoms with Crippen LogP contribution in [0, 0.1) is 5.82 Å². The van der Waals surface area contributed by atoms with Gasteiger partial charge < -0.3 is 9.84 Å². The monoisotopic (exact) mass is 433 g/mol. The second-order valence-electron chi connectivity index (χ2n) is 7.30. The number of hydrogen-bond donors (Lipinski definition) is 1. The number of morpholine rings is 1. The van der Waals surface area contributed by atoms with Gasteiger partial charge in [-0.05, 0) is 24.3 Å². The van der Waals surface area contributed by atoms with E-state index in [2.05, 4.69) is 9.99 Å². The van der Waals surface area contributed by atoms with E-state index in [0.717, 1.165) is 5.69 Å². The summed E-state index contributed by atoms with van der Waals surface area (Å²) in [6, 6.07) is 13.9. The molecule has 0 saturated carbocycles. The molecule has 0 radical (unpaired) electrons. The largest absolute Gasteiger partial charge is 0.478 e. The molecule has 0 spiro atoms. The SMILES string of the molecule is O=C(O)c1ccc(-c2cnc(N(c3ccccc3)N3CCOCC3)c3nccn23)cc1F. The molecule has 3 heterocycles. The highest BCUT2D eigenvalue weighted by atomic mass is 19.1. The number of carbonyl (C=O) groups is 1. The van der Waals surface area contributed by atoms with Gasteiger partial charge in [0.1, 0.15) is 5.82 Å². The van der Waals surface area contributed by atoms with Crippen LogP contribution in [0.4, 0.5) is 15.9 Å². The number of rotatable bonds is 5. The molecule has 32 heavy (non-hydrogen) atoms. The lowest BCUT2D eigenvalue weighted by atomic mass is 10.1. The van der Waals surface area contributed by atoms with E-state index in [1.165, 1.54) is 12.1 Å². The molecular formula is C23H20FN5O3. The molecule has 0 unspecified atom stereocenters. The van der Waals surface area contributed by atoms with Gasteiger partial charge in [-0.15, -0.1) is 0 Å². The van der Waals surface area contributed by atoms with Crippen LogP contribution in [-0.2, 0) is 4.74 Å². The molecule has 162 valence electrons. The van der Waals surface area contributed by atoms with Gasteiger partial charge in [-0.3, -0.25) is 9.41 Å². The minimum absolute atomic E-state index is 0.372. The molecule has 1 fully saturated rings. The van der Waals surface area contributed by atoms with Gasteiger partial charge in [-0.1, -0.05) is 24.3 Å². The van der Waals surface area contributed by atoms with Crippen LogP contribution in [0.1, 0.15) is 10.4 Å². The number of benzene rings is 2. The van der Waals surface area contributed by atoms with Crippen molar-refractivity contribution in [3.8, 4) is 11.3 Å². The van der Waals surface area contributed by atoms with Crippen molar-refractivity contribution in [2.75, 3.05) is 31.3 Å². The number of anilines is 2. The fourth-order valence-electron chi connectivity index (χ4n) is 3.86. The Bertz CT molecular complexity index is 1270. The quantitative estimate of drug-likeness (QED) is 0.515. The van der Waals surface area contributed by atoms with Gasteiger partial charge >= 0.3 is 5.97 Å². The maximum atomic E-state index is 14.3. The number of hydrogen-bond acceptors (Lipinski definition) is 6. The van der Waals surface area contributed by atoms with Crippen molar-refractivity contribution < 1.29 is 19.0 Å². The molecule has 2 aromatic heterocycles. The molecule has 5 rings (SSSR count). The van der Waals surface area contributed by atoms with E-state index in [1.54, 1.807) is 24.7 Å². The lowest BCUT2D eigenvalue weighted by Gasteiger charge is -2.38. The fraction of sp³-hybridized carbons (Fsp3) is 0.174. The molecule has 1 aliphatic heterocycles. The molecule has 4 aromatic rings. The Kier molecular flexibility index (Phi) is 5.26. The second-order valence-corrected chi connectivity index (χ2v) is 7.30. The van der Waals surface area contributed by atoms with Gasteiger partial charge in [0, 0.05) is 31.0 Å². The Hall–Kier alpha value is -3.82. The zero-order chi connectivity index (χ0) is 22.1. The smallest absolute Gasteiger partial charge is 0.338 e. The minimum atomic E-state index is -1.31. The highest BCUT2D eigenvalue weighted by molar-refractivity contribution is 5.88. The van der Waals surface area contributed by atoms with Gasteiger partial charge in [0.25, 0.3) is 0 Å². The average molecular weight is 433 g/mol. The third-order valence-electron chi connectivity index (χ3n) is 5.38. The number of carboxylic acids is 1. The van der Waals surface area contributed by atoms with E-state index < -0.39 is 11.8 Å². The lowest BCUT2D eigenvalue weighted by molar-refractivity contribution is 0.0376. The van der Waals surface area contributed by atoms with E-state index >= 15 is 0 Å². The van der Waals surface area contributed by atoms with Crippen molar-refractivity contribution in [3.05, 3.63) is 78.5 Å². The van der Waals surface area contributed by atoms with Crippen molar-refractivity contribution >= 4 is 23.1 Å². The summed E-state index contributed by atoms with van der Waals surface area (Å²) in [7, 11) is 0. The summed E-state index contributed by atoms with van der Waals surface area (Å²) < 4.78 is 21.7. The number of nitrogens with zero attached hydrogens (tertiary/aromatic N) is 5. The molecule has 0 amide bonds. The van der Waals surface area contributed by atoms with Crippen LogP contribution in [0.3, 0.4) is 0 Å². The van der Waals surface area contributed by atoms with Gasteiger partial charge in [0.15, 0.2) is 11.5 Å². The summed E-state index contributed by atoms with van der Waals surface area (Å²) in [5, 5.41) is 13.3. The lowest BCUT2D eigenvalue weighted by Crippen LogP contribution is -2.47. The maximum Gasteiger partial charge on any atom is 0.338 e. The van der Waals surface area contributed by atoms with Crippen molar-refractivity contribution in [1.29, 1.82) is 0 Å². The molecule has 1 saturated heterocycles. The van der Waals surface area contributed by atoms with Crippen molar-refractivity contribution in [2.45, 2.75) is 0 Å². The molecule has 0 atom stereocenters. The molecule has 2 aromatic carbocycles. The van der Waals surface area contributed by atoms with E-state index in [-0.39, 0.29) is 5.56 Å². The molecule has 1 N–H and O–H groups in total. The molecule has 0 bridgehead atoms. The van der Waals surface area contributed by atoms with Crippen molar-refractivity contribution in [3.63, 3.8) is 0 Å². The third kappa shape index (κ3) is 3.57. The summed E-state index contributed by atoms with van der Waals surface area (Å²) in [5.41, 5.74) is 2.28. The second kappa shape index (κ2) is 8.37. The molecule has 0 aliphatic carbocycles. The van der Waals surface area contributed by atoms with Gasteiger partial charge in [0.2, 0.25) is 0 Å². The number of carboxylic acid groups (broad SMARTS) is 1. The van der Waals surface area contributed by atoms with E-state index in [1.807, 2.05) is 39.7 Å². The number of hydrazine groups is 1. The summed E-state index contributed by atoms with van der Waals surface area (Å²) in [6.07, 6.45) is 5.09. The van der Waals surface area contributed by atoms with Gasteiger partial charge in [0.05, 0.1) is 36.4 Å². The first-order chi connectivity index (χ1) is 15.6. The van der Waals surface area contributed by atoms with Crippen LogP contribution in [0.2, 0.25) is 0 Å². The maximum absolute atomic E-state index is 14.3. The number of para-hydroxylation sites is 1. The average Bonchev–Trinajstić information content (AvgIpc) is 3.31. The summed E-state index contributed by atoms with van der Waals surface area (Å²) in [5.74, 6) is -1.47. The van der Waals surface area contributed by atoms with E-state index in [0.29, 0.717) is 49.0 Å². The van der Waals surface area contributed by atoms with Crippen LogP contribution in [-0.4, -0.2) is 56.8 Å². The molecule has 8 nitrogen and oxygen atoms in total. The Morgan fingerprint density at radius 3 is 2.59 bits per heavy atom. The van der Waals surface area contributed by atoms with Gasteiger partial charge in [-0.25, -0.2) is 24.2 Å². The van der Waals surface area contributed by atoms with Crippen LogP contribution in [0.15, 0.2) is 67.1 Å². The number of fused-ring (bicyclic) bond motifs is 1. The zero-order valence-corrected chi connectivity index (χ0v) is 17.1. The zero-order valence-electron chi connectivity index (χ0n) is 17.1. The molecule has 9 heteroatoms. The fourth-order valence-corrected chi connectivity index (χ4v) is 3.86. The van der Waals surface area contributed by atoms with Crippen LogP contribution < -0.4 is 5.01 Å². The number of halogens is 1. The standard InChI is InChI=1S/C23H20FN5O3/c24-19-14-16(6-7-18(19)23(30)31)20-15-26-22(21-25-8-9-28(20)21)29(17-4-2-1-3-5-17)27-10-12-32-13-11-27/h1-9,14-15H,10-13H2,(H,30,31). The minimum Gasteiger partial charge on any atom is -0.478 e. The highest BCUT2D eigenvalue weighted by Gasteiger charge is 2.25. The van der Waals surface area contributed by atoms with Crippen molar-refractivity contribution in [1.82, 2.24) is 19.4 Å². The first-order valence-corrected chi connectivity index (χ1v) is 10.2. The van der Waals surface area contributed by atoms with E-state index in [4.69, 9.17) is 14.8 Å². The summed E-state index contributed by atoms with van der Waals surface area (Å²) >= 11 is 0. The predicted octanol–water partition coefficient (Wildman–Crippen LogP) is 3.62.